The van der Waals surface area contributed by atoms with E-state index in [9.17, 15) is 4.79 Å². The highest BCUT2D eigenvalue weighted by Gasteiger charge is 2.05. The summed E-state index contributed by atoms with van der Waals surface area (Å²) in [6, 6.07) is 1.66. The fraction of sp³-hybridized carbons (Fsp3) is 0.222. The van der Waals surface area contributed by atoms with Crippen molar-refractivity contribution in [2.75, 3.05) is 0 Å². The Labute approximate surface area is 65.5 Å². The maximum absolute atomic E-state index is 11.2. The van der Waals surface area contributed by atoms with Crippen LogP contribution < -0.4 is 0 Å². The Hall–Kier alpha value is -1.31. The largest absolute Gasteiger partial charge is 0.472 e. The standard InChI is InChI=1S/C9H10O2/c1-7(2)5-9(10)8-3-4-11-6-8/h3-4,6H,1,5H2,2H3. The minimum atomic E-state index is 0.0613. The van der Waals surface area contributed by atoms with Crippen molar-refractivity contribution in [2.45, 2.75) is 13.3 Å². The smallest absolute Gasteiger partial charge is 0.170 e. The zero-order chi connectivity index (χ0) is 8.27. The summed E-state index contributed by atoms with van der Waals surface area (Å²) in [5.41, 5.74) is 1.49. The first-order chi connectivity index (χ1) is 5.20. The number of carbonyl (C=O) groups is 1. The van der Waals surface area contributed by atoms with Crippen molar-refractivity contribution in [1.29, 1.82) is 0 Å². The molecule has 0 unspecified atom stereocenters. The predicted molar refractivity (Wildman–Crippen MR) is 42.5 cm³/mol. The molecule has 0 saturated heterocycles. The molecule has 0 saturated carbocycles. The second-order valence-corrected chi connectivity index (χ2v) is 2.57. The highest BCUT2D eigenvalue weighted by atomic mass is 16.3. The van der Waals surface area contributed by atoms with Gasteiger partial charge in [0.25, 0.3) is 0 Å². The van der Waals surface area contributed by atoms with Gasteiger partial charge in [-0.1, -0.05) is 12.2 Å². The molecule has 2 heteroatoms. The minimum absolute atomic E-state index is 0.0613. The molecule has 0 atom stereocenters. The molecule has 0 N–H and O–H groups in total. The molecule has 0 bridgehead atoms. The molecule has 2 nitrogen and oxygen atoms in total. The maximum Gasteiger partial charge on any atom is 0.170 e. The van der Waals surface area contributed by atoms with E-state index in [2.05, 4.69) is 6.58 Å². The molecule has 0 radical (unpaired) electrons. The summed E-state index contributed by atoms with van der Waals surface area (Å²) >= 11 is 0. The Morgan fingerprint density at radius 2 is 2.45 bits per heavy atom. The lowest BCUT2D eigenvalue weighted by molar-refractivity contribution is 0.0992. The lowest BCUT2D eigenvalue weighted by atomic mass is 10.1. The number of furan rings is 1. The first-order valence-corrected chi connectivity index (χ1v) is 3.40. The van der Waals surface area contributed by atoms with E-state index in [4.69, 9.17) is 4.42 Å². The number of carbonyl (C=O) groups excluding carboxylic acids is 1. The number of hydrogen-bond donors (Lipinski definition) is 0. The third-order valence-corrected chi connectivity index (χ3v) is 1.31. The van der Waals surface area contributed by atoms with Crippen molar-refractivity contribution in [1.82, 2.24) is 0 Å². The summed E-state index contributed by atoms with van der Waals surface area (Å²) < 4.78 is 4.77. The van der Waals surface area contributed by atoms with Gasteiger partial charge in [-0.15, -0.1) is 0 Å². The second-order valence-electron chi connectivity index (χ2n) is 2.57. The molecule has 1 rings (SSSR count). The van der Waals surface area contributed by atoms with Crippen LogP contribution in [0.2, 0.25) is 0 Å². The van der Waals surface area contributed by atoms with Gasteiger partial charge in [-0.25, -0.2) is 0 Å². The Kier molecular flexibility index (Phi) is 2.26. The summed E-state index contributed by atoms with van der Waals surface area (Å²) in [7, 11) is 0. The van der Waals surface area contributed by atoms with Gasteiger partial charge >= 0.3 is 0 Å². The second kappa shape index (κ2) is 3.19. The van der Waals surface area contributed by atoms with Crippen LogP contribution in [0.3, 0.4) is 0 Å². The summed E-state index contributed by atoms with van der Waals surface area (Å²) in [5.74, 6) is 0.0613. The van der Waals surface area contributed by atoms with Gasteiger partial charge in [0.2, 0.25) is 0 Å². The Morgan fingerprint density at radius 1 is 1.73 bits per heavy atom. The van der Waals surface area contributed by atoms with Crippen LogP contribution in [0, 0.1) is 0 Å². The van der Waals surface area contributed by atoms with Gasteiger partial charge in [0.15, 0.2) is 5.78 Å². The Morgan fingerprint density at radius 3 is 2.91 bits per heavy atom. The van der Waals surface area contributed by atoms with E-state index in [1.807, 2.05) is 6.92 Å². The van der Waals surface area contributed by atoms with Crippen molar-refractivity contribution < 1.29 is 9.21 Å². The summed E-state index contributed by atoms with van der Waals surface area (Å²) in [6.45, 7) is 5.48. The van der Waals surface area contributed by atoms with Gasteiger partial charge in [-0.3, -0.25) is 4.79 Å². The Balaban J connectivity index is 2.64. The third-order valence-electron chi connectivity index (χ3n) is 1.31. The molecule has 58 valence electrons. The topological polar surface area (TPSA) is 30.2 Å². The van der Waals surface area contributed by atoms with Crippen LogP contribution in [0.1, 0.15) is 23.7 Å². The maximum atomic E-state index is 11.2. The minimum Gasteiger partial charge on any atom is -0.472 e. The SMILES string of the molecule is C=C(C)CC(=O)c1ccoc1. The highest BCUT2D eigenvalue weighted by Crippen LogP contribution is 2.07. The van der Waals surface area contributed by atoms with E-state index in [1.165, 1.54) is 12.5 Å². The summed E-state index contributed by atoms with van der Waals surface area (Å²) in [6.07, 6.45) is 3.34. The van der Waals surface area contributed by atoms with Crippen molar-refractivity contribution in [2.24, 2.45) is 0 Å². The van der Waals surface area contributed by atoms with E-state index < -0.39 is 0 Å². The summed E-state index contributed by atoms with van der Waals surface area (Å²) in [4.78, 5) is 11.2. The molecule has 0 aliphatic heterocycles. The first-order valence-electron chi connectivity index (χ1n) is 3.40. The van der Waals surface area contributed by atoms with Crippen LogP contribution >= 0.6 is 0 Å². The molecule has 1 aromatic heterocycles. The number of hydrogen-bond acceptors (Lipinski definition) is 2. The number of allylic oxidation sites excluding steroid dienone is 1. The molecule has 1 heterocycles. The molecule has 1 aromatic rings. The zero-order valence-corrected chi connectivity index (χ0v) is 6.46. The molecule has 11 heavy (non-hydrogen) atoms. The number of rotatable bonds is 3. The van der Waals surface area contributed by atoms with Gasteiger partial charge in [0.05, 0.1) is 11.8 Å². The number of ketones is 1. The van der Waals surface area contributed by atoms with E-state index in [1.54, 1.807) is 6.07 Å². The van der Waals surface area contributed by atoms with Gasteiger partial charge in [0, 0.05) is 6.42 Å². The van der Waals surface area contributed by atoms with E-state index in [0.717, 1.165) is 5.57 Å². The molecular formula is C9H10O2. The van der Waals surface area contributed by atoms with Crippen LogP contribution in [0.15, 0.2) is 35.2 Å². The van der Waals surface area contributed by atoms with Crippen LogP contribution in [0.5, 0.6) is 0 Å². The van der Waals surface area contributed by atoms with Crippen LogP contribution in [-0.2, 0) is 0 Å². The van der Waals surface area contributed by atoms with Crippen LogP contribution in [0.25, 0.3) is 0 Å². The van der Waals surface area contributed by atoms with Crippen LogP contribution in [0.4, 0.5) is 0 Å². The first kappa shape index (κ1) is 7.79. The van der Waals surface area contributed by atoms with Crippen molar-refractivity contribution >= 4 is 5.78 Å². The van der Waals surface area contributed by atoms with Gasteiger partial charge in [-0.05, 0) is 13.0 Å². The lowest BCUT2D eigenvalue weighted by Crippen LogP contribution is -1.96. The van der Waals surface area contributed by atoms with E-state index in [0.29, 0.717) is 12.0 Å². The predicted octanol–water partition coefficient (Wildman–Crippen LogP) is 2.43. The van der Waals surface area contributed by atoms with Crippen molar-refractivity contribution in [3.63, 3.8) is 0 Å². The molecule has 0 aliphatic carbocycles. The normalized spacial score (nSPS) is 9.55. The van der Waals surface area contributed by atoms with Crippen molar-refractivity contribution in [3.8, 4) is 0 Å². The van der Waals surface area contributed by atoms with Gasteiger partial charge < -0.3 is 4.42 Å². The average Bonchev–Trinajstić information content (AvgIpc) is 2.35. The van der Waals surface area contributed by atoms with E-state index in [-0.39, 0.29) is 5.78 Å². The third kappa shape index (κ3) is 2.08. The Bertz CT molecular complexity index is 257. The molecule has 0 amide bonds. The van der Waals surface area contributed by atoms with E-state index >= 15 is 0 Å². The molecular weight excluding hydrogens is 140 g/mol. The molecule has 0 aromatic carbocycles. The quantitative estimate of drug-likeness (QED) is 0.489. The van der Waals surface area contributed by atoms with Gasteiger partial charge in [0.1, 0.15) is 6.26 Å². The fourth-order valence-corrected chi connectivity index (χ4v) is 0.799. The zero-order valence-electron chi connectivity index (χ0n) is 6.46. The number of Topliss-reactive ketones (excluding diaryl/α,β-unsaturated/α-hetero) is 1. The van der Waals surface area contributed by atoms with Crippen LogP contribution in [-0.4, -0.2) is 5.78 Å². The highest BCUT2D eigenvalue weighted by molar-refractivity contribution is 5.96. The molecule has 0 aliphatic rings. The average molecular weight is 150 g/mol. The molecule has 0 spiro atoms. The summed E-state index contributed by atoms with van der Waals surface area (Å²) in [5, 5.41) is 0. The van der Waals surface area contributed by atoms with Gasteiger partial charge in [-0.2, -0.15) is 0 Å². The lowest BCUT2D eigenvalue weighted by Gasteiger charge is -1.93. The molecule has 0 fully saturated rings. The monoisotopic (exact) mass is 150 g/mol. The fourth-order valence-electron chi connectivity index (χ4n) is 0.799. The van der Waals surface area contributed by atoms with Crippen molar-refractivity contribution in [3.05, 3.63) is 36.3 Å².